The highest BCUT2D eigenvalue weighted by Crippen LogP contribution is 2.33. The fourth-order valence-corrected chi connectivity index (χ4v) is 1.87. The van der Waals surface area contributed by atoms with Crippen LogP contribution >= 0.6 is 0 Å². The lowest BCUT2D eigenvalue weighted by atomic mass is 10.1. The van der Waals surface area contributed by atoms with Gasteiger partial charge in [0.05, 0.1) is 16.9 Å². The monoisotopic (exact) mass is 367 g/mol. The van der Waals surface area contributed by atoms with Gasteiger partial charge in [0.2, 0.25) is 5.91 Å². The van der Waals surface area contributed by atoms with Gasteiger partial charge in [-0.3, -0.25) is 4.79 Å². The Hall–Kier alpha value is -2.56. The summed E-state index contributed by atoms with van der Waals surface area (Å²) in [6.45, 7) is -2.61. The Bertz CT molecular complexity index is 725. The van der Waals surface area contributed by atoms with E-state index < -0.39 is 37.0 Å². The topological polar surface area (TPSA) is 56.1 Å². The maximum absolute atomic E-state index is 12.8. The largest absolute Gasteiger partial charge is 0.416 e. The van der Waals surface area contributed by atoms with E-state index in [9.17, 15) is 31.1 Å². The second-order valence-corrected chi connectivity index (χ2v) is 4.84. The molecule has 0 saturated heterocycles. The molecule has 0 aliphatic heterocycles. The van der Waals surface area contributed by atoms with E-state index in [0.717, 1.165) is 12.1 Å². The number of anilines is 1. The van der Waals surface area contributed by atoms with Crippen LogP contribution in [0.4, 0.5) is 32.0 Å². The van der Waals surface area contributed by atoms with Gasteiger partial charge in [-0.1, -0.05) is 0 Å². The summed E-state index contributed by atoms with van der Waals surface area (Å²) < 4.78 is 79.8. The number of benzene rings is 1. The fourth-order valence-electron chi connectivity index (χ4n) is 1.87. The normalized spacial score (nSPS) is 12.2. The zero-order valence-electron chi connectivity index (χ0n) is 12.4. The Kier molecular flexibility index (Phi) is 5.36. The fraction of sp³-hybridized carbons (Fsp3) is 0.286. The summed E-state index contributed by atoms with van der Waals surface area (Å²) in [5.74, 6) is -1.03. The minimum atomic E-state index is -4.66. The molecule has 25 heavy (non-hydrogen) atoms. The third-order valence-electron chi connectivity index (χ3n) is 2.85. The summed E-state index contributed by atoms with van der Waals surface area (Å²) in [5, 5.41) is 5.95. The molecule has 5 nitrogen and oxygen atoms in total. The molecule has 1 aromatic carbocycles. The van der Waals surface area contributed by atoms with Crippen molar-refractivity contribution in [2.24, 2.45) is 0 Å². The Morgan fingerprint density at radius 3 is 2.48 bits per heavy atom. The van der Waals surface area contributed by atoms with Crippen molar-refractivity contribution in [1.29, 1.82) is 0 Å². The number of nitrogens with zero attached hydrogens (tertiary/aromatic N) is 2. The van der Waals surface area contributed by atoms with Crippen LogP contribution in [0.2, 0.25) is 0 Å². The number of carbonyl (C=O) groups excluding carboxylic acids is 1. The molecule has 0 fully saturated rings. The Balaban J connectivity index is 2.20. The van der Waals surface area contributed by atoms with E-state index >= 15 is 0 Å². The van der Waals surface area contributed by atoms with Crippen molar-refractivity contribution in [2.45, 2.75) is 12.4 Å². The van der Waals surface area contributed by atoms with Gasteiger partial charge in [0.25, 0.3) is 0 Å². The molecule has 11 heteroatoms. The van der Waals surface area contributed by atoms with Crippen molar-refractivity contribution in [3.8, 4) is 5.69 Å². The second kappa shape index (κ2) is 7.13. The zero-order chi connectivity index (χ0) is 18.7. The molecule has 0 atom stereocenters. The minimum absolute atomic E-state index is 0.113. The maximum Gasteiger partial charge on any atom is 0.416 e. The number of halogens is 6. The highest BCUT2D eigenvalue weighted by molar-refractivity contribution is 5.93. The first-order valence-electron chi connectivity index (χ1n) is 6.72. The number of amides is 1. The van der Waals surface area contributed by atoms with Crippen LogP contribution in [0.1, 0.15) is 5.56 Å². The first kappa shape index (κ1) is 18.8. The number of hydrogen-bond acceptors (Lipinski definition) is 3. The number of ether oxygens (including phenoxy) is 1. The van der Waals surface area contributed by atoms with Gasteiger partial charge < -0.3 is 10.1 Å². The predicted molar refractivity (Wildman–Crippen MR) is 74.1 cm³/mol. The maximum atomic E-state index is 12.8. The zero-order valence-corrected chi connectivity index (χ0v) is 12.4. The SMILES string of the molecule is O=C(COCC(F)(F)F)Nc1cc(C(F)(F)F)ccc1-n1cccn1. The van der Waals surface area contributed by atoms with Crippen molar-refractivity contribution in [3.05, 3.63) is 42.2 Å². The van der Waals surface area contributed by atoms with Gasteiger partial charge in [0.1, 0.15) is 13.2 Å². The van der Waals surface area contributed by atoms with Crippen molar-refractivity contribution in [2.75, 3.05) is 18.5 Å². The van der Waals surface area contributed by atoms with Crippen LogP contribution in [0, 0.1) is 0 Å². The molecule has 0 aliphatic carbocycles. The second-order valence-electron chi connectivity index (χ2n) is 4.84. The molecular weight excluding hydrogens is 356 g/mol. The third-order valence-corrected chi connectivity index (χ3v) is 2.85. The van der Waals surface area contributed by atoms with Gasteiger partial charge in [-0.15, -0.1) is 0 Å². The number of aromatic nitrogens is 2. The lowest BCUT2D eigenvalue weighted by Crippen LogP contribution is -2.24. The molecule has 0 saturated carbocycles. The highest BCUT2D eigenvalue weighted by atomic mass is 19.4. The number of alkyl halides is 6. The smallest absolute Gasteiger partial charge is 0.362 e. The molecule has 2 aromatic rings. The molecule has 1 amide bonds. The number of nitrogens with one attached hydrogen (secondary N) is 1. The minimum Gasteiger partial charge on any atom is -0.362 e. The van der Waals surface area contributed by atoms with Crippen molar-refractivity contribution < 1.29 is 35.9 Å². The van der Waals surface area contributed by atoms with Crippen LogP contribution in [-0.2, 0) is 15.7 Å². The molecule has 1 aromatic heterocycles. The van der Waals surface area contributed by atoms with Gasteiger partial charge in [-0.25, -0.2) is 4.68 Å². The highest BCUT2D eigenvalue weighted by Gasteiger charge is 2.31. The van der Waals surface area contributed by atoms with Crippen LogP contribution in [0.3, 0.4) is 0 Å². The first-order valence-corrected chi connectivity index (χ1v) is 6.72. The van der Waals surface area contributed by atoms with E-state index in [4.69, 9.17) is 0 Å². The number of hydrogen-bond donors (Lipinski definition) is 1. The summed E-state index contributed by atoms with van der Waals surface area (Å²) >= 11 is 0. The average Bonchev–Trinajstić information content (AvgIpc) is 2.98. The Labute approximate surface area is 137 Å². The van der Waals surface area contributed by atoms with Crippen LogP contribution in [-0.4, -0.2) is 35.1 Å². The van der Waals surface area contributed by atoms with E-state index in [1.807, 2.05) is 0 Å². The van der Waals surface area contributed by atoms with E-state index in [1.165, 1.54) is 23.1 Å². The quantitative estimate of drug-likeness (QED) is 0.824. The summed E-state index contributed by atoms with van der Waals surface area (Å²) in [6.07, 6.45) is -6.47. The van der Waals surface area contributed by atoms with Crippen molar-refractivity contribution >= 4 is 11.6 Å². The van der Waals surface area contributed by atoms with Crippen LogP contribution in [0.15, 0.2) is 36.7 Å². The predicted octanol–water partition coefficient (Wildman–Crippen LogP) is 3.41. The average molecular weight is 367 g/mol. The lowest BCUT2D eigenvalue weighted by molar-refractivity contribution is -0.174. The number of carbonyl (C=O) groups is 1. The van der Waals surface area contributed by atoms with Crippen LogP contribution in [0.25, 0.3) is 5.69 Å². The molecule has 0 aliphatic rings. The molecule has 136 valence electrons. The first-order chi connectivity index (χ1) is 11.6. The van der Waals surface area contributed by atoms with E-state index in [0.29, 0.717) is 6.07 Å². The summed E-state index contributed by atoms with van der Waals surface area (Å²) in [4.78, 5) is 11.7. The molecular formula is C14H11F6N3O2. The Morgan fingerprint density at radius 2 is 1.92 bits per heavy atom. The molecule has 0 unspecified atom stereocenters. The summed E-state index contributed by atoms with van der Waals surface area (Å²) in [6, 6.07) is 4.06. The van der Waals surface area contributed by atoms with Gasteiger partial charge >= 0.3 is 12.4 Å². The van der Waals surface area contributed by atoms with Gasteiger partial charge in [-0.05, 0) is 24.3 Å². The number of rotatable bonds is 5. The molecule has 0 bridgehead atoms. The Morgan fingerprint density at radius 1 is 1.20 bits per heavy atom. The van der Waals surface area contributed by atoms with E-state index in [-0.39, 0.29) is 11.4 Å². The molecule has 1 heterocycles. The van der Waals surface area contributed by atoms with Gasteiger partial charge in [0, 0.05) is 12.4 Å². The molecule has 0 radical (unpaired) electrons. The van der Waals surface area contributed by atoms with E-state index in [2.05, 4.69) is 15.2 Å². The van der Waals surface area contributed by atoms with Crippen LogP contribution in [0.5, 0.6) is 0 Å². The van der Waals surface area contributed by atoms with Crippen molar-refractivity contribution in [1.82, 2.24) is 9.78 Å². The molecule has 2 rings (SSSR count). The molecule has 0 spiro atoms. The van der Waals surface area contributed by atoms with Gasteiger partial charge in [-0.2, -0.15) is 31.4 Å². The van der Waals surface area contributed by atoms with Gasteiger partial charge in [0.15, 0.2) is 0 Å². The summed E-state index contributed by atoms with van der Waals surface area (Å²) in [5.41, 5.74) is -1.18. The third kappa shape index (κ3) is 5.48. The van der Waals surface area contributed by atoms with Crippen molar-refractivity contribution in [3.63, 3.8) is 0 Å². The molecule has 1 N–H and O–H groups in total. The van der Waals surface area contributed by atoms with Crippen LogP contribution < -0.4 is 5.32 Å². The lowest BCUT2D eigenvalue weighted by Gasteiger charge is -2.15. The standard InChI is InChI=1S/C14H11F6N3O2/c15-13(16,17)8-25-7-12(24)22-10-6-9(14(18,19)20)2-3-11(10)23-5-1-4-21-23/h1-6H,7-8H2,(H,22,24). The summed E-state index contributed by atoms with van der Waals surface area (Å²) in [7, 11) is 0. The van der Waals surface area contributed by atoms with E-state index in [1.54, 1.807) is 0 Å².